The first-order chi connectivity index (χ1) is 10.0. The zero-order valence-electron chi connectivity index (χ0n) is 11.4. The van der Waals surface area contributed by atoms with Crippen LogP contribution in [0.5, 0.6) is 5.88 Å². The van der Waals surface area contributed by atoms with E-state index in [9.17, 15) is 9.18 Å². The standard InChI is InChI=1S/C14H15FN4O2/c1-21-13-4-8(2-3-18-13)7-19-12-5-9(14(17)20)11(16)6-10(12)15/h2-6,19H,7,16H2,1H3,(H2,17,20). The fourth-order valence-electron chi connectivity index (χ4n) is 1.81. The lowest BCUT2D eigenvalue weighted by Gasteiger charge is -2.11. The predicted octanol–water partition coefficient (Wildman–Crippen LogP) is 1.52. The van der Waals surface area contributed by atoms with Crippen LogP contribution in [0.3, 0.4) is 0 Å². The van der Waals surface area contributed by atoms with Gasteiger partial charge in [0.1, 0.15) is 5.82 Å². The van der Waals surface area contributed by atoms with E-state index in [4.69, 9.17) is 16.2 Å². The molecule has 5 N–H and O–H groups in total. The summed E-state index contributed by atoms with van der Waals surface area (Å²) in [4.78, 5) is 15.2. The topological polar surface area (TPSA) is 103 Å². The van der Waals surface area contributed by atoms with Crippen molar-refractivity contribution < 1.29 is 13.9 Å². The molecule has 0 fully saturated rings. The second-order valence-corrected chi connectivity index (χ2v) is 4.34. The molecule has 6 nitrogen and oxygen atoms in total. The van der Waals surface area contributed by atoms with E-state index in [-0.39, 0.29) is 16.9 Å². The first kappa shape index (κ1) is 14.6. The van der Waals surface area contributed by atoms with Crippen molar-refractivity contribution in [3.8, 4) is 5.88 Å². The highest BCUT2D eigenvalue weighted by molar-refractivity contribution is 5.99. The van der Waals surface area contributed by atoms with E-state index in [0.29, 0.717) is 12.4 Å². The van der Waals surface area contributed by atoms with E-state index in [1.807, 2.05) is 0 Å². The van der Waals surface area contributed by atoms with Crippen molar-refractivity contribution in [2.75, 3.05) is 18.2 Å². The quantitative estimate of drug-likeness (QED) is 0.724. The molecule has 1 heterocycles. The summed E-state index contributed by atoms with van der Waals surface area (Å²) in [5, 5.41) is 2.88. The fourth-order valence-corrected chi connectivity index (χ4v) is 1.81. The minimum absolute atomic E-state index is 0.0103. The van der Waals surface area contributed by atoms with Crippen molar-refractivity contribution in [1.29, 1.82) is 0 Å². The fraction of sp³-hybridized carbons (Fsp3) is 0.143. The van der Waals surface area contributed by atoms with Gasteiger partial charge in [0.2, 0.25) is 5.88 Å². The number of carbonyl (C=O) groups excluding carboxylic acids is 1. The predicted molar refractivity (Wildman–Crippen MR) is 77.4 cm³/mol. The van der Waals surface area contributed by atoms with E-state index in [0.717, 1.165) is 11.6 Å². The SMILES string of the molecule is COc1cc(CNc2cc(C(N)=O)c(N)cc2F)ccn1. The summed E-state index contributed by atoms with van der Waals surface area (Å²) in [7, 11) is 1.51. The Morgan fingerprint density at radius 3 is 2.86 bits per heavy atom. The molecule has 0 radical (unpaired) electrons. The summed E-state index contributed by atoms with van der Waals surface area (Å²) in [6.45, 7) is 0.331. The second kappa shape index (κ2) is 6.08. The number of amides is 1. The Kier molecular flexibility index (Phi) is 4.22. The molecule has 0 aliphatic heterocycles. The van der Waals surface area contributed by atoms with Gasteiger partial charge in [-0.3, -0.25) is 4.79 Å². The van der Waals surface area contributed by atoms with Gasteiger partial charge in [-0.1, -0.05) is 0 Å². The molecular formula is C14H15FN4O2. The highest BCUT2D eigenvalue weighted by Gasteiger charge is 2.11. The molecule has 2 rings (SSSR count). The Labute approximate surface area is 120 Å². The Bertz CT molecular complexity index is 676. The summed E-state index contributed by atoms with van der Waals surface area (Å²) >= 11 is 0. The van der Waals surface area contributed by atoms with Crippen LogP contribution in [0.2, 0.25) is 0 Å². The minimum atomic E-state index is -0.707. The van der Waals surface area contributed by atoms with Crippen LogP contribution in [0.4, 0.5) is 15.8 Å². The van der Waals surface area contributed by atoms with Gasteiger partial charge in [-0.05, 0) is 23.8 Å². The summed E-state index contributed by atoms with van der Waals surface area (Å²) < 4.78 is 18.8. The van der Waals surface area contributed by atoms with Crippen LogP contribution in [-0.2, 0) is 6.54 Å². The third-order valence-corrected chi connectivity index (χ3v) is 2.90. The van der Waals surface area contributed by atoms with Crippen LogP contribution < -0.4 is 21.5 Å². The Morgan fingerprint density at radius 1 is 1.43 bits per heavy atom. The average molecular weight is 290 g/mol. The van der Waals surface area contributed by atoms with Gasteiger partial charge < -0.3 is 21.5 Å². The molecule has 0 spiro atoms. The number of nitrogens with zero attached hydrogens (tertiary/aromatic N) is 1. The van der Waals surface area contributed by atoms with Crippen molar-refractivity contribution in [1.82, 2.24) is 4.98 Å². The molecule has 0 bridgehead atoms. The molecule has 0 aliphatic carbocycles. The molecule has 0 atom stereocenters. The molecule has 110 valence electrons. The molecule has 1 aromatic carbocycles. The molecule has 1 aromatic heterocycles. The number of anilines is 2. The number of nitrogens with one attached hydrogen (secondary N) is 1. The second-order valence-electron chi connectivity index (χ2n) is 4.34. The zero-order valence-corrected chi connectivity index (χ0v) is 11.4. The van der Waals surface area contributed by atoms with Gasteiger partial charge in [0, 0.05) is 24.5 Å². The van der Waals surface area contributed by atoms with Crippen molar-refractivity contribution in [3.63, 3.8) is 0 Å². The molecule has 1 amide bonds. The van der Waals surface area contributed by atoms with Crippen molar-refractivity contribution in [2.24, 2.45) is 5.73 Å². The molecule has 0 aliphatic rings. The van der Waals surface area contributed by atoms with Gasteiger partial charge in [-0.15, -0.1) is 0 Å². The molecule has 21 heavy (non-hydrogen) atoms. The van der Waals surface area contributed by atoms with Gasteiger partial charge in [0.15, 0.2) is 0 Å². The van der Waals surface area contributed by atoms with Gasteiger partial charge in [-0.2, -0.15) is 0 Å². The number of hydrogen-bond donors (Lipinski definition) is 3. The number of nitrogens with two attached hydrogens (primary N) is 2. The van der Waals surface area contributed by atoms with E-state index in [2.05, 4.69) is 10.3 Å². The van der Waals surface area contributed by atoms with E-state index in [1.165, 1.54) is 13.2 Å². The van der Waals surface area contributed by atoms with Gasteiger partial charge in [-0.25, -0.2) is 9.37 Å². The third kappa shape index (κ3) is 3.38. The van der Waals surface area contributed by atoms with Gasteiger partial charge in [0.25, 0.3) is 5.91 Å². The Morgan fingerprint density at radius 2 is 2.19 bits per heavy atom. The van der Waals surface area contributed by atoms with Crippen molar-refractivity contribution in [3.05, 3.63) is 47.4 Å². The minimum Gasteiger partial charge on any atom is -0.481 e. The summed E-state index contributed by atoms with van der Waals surface area (Å²) in [6.07, 6.45) is 1.59. The molecule has 2 aromatic rings. The number of carbonyl (C=O) groups is 1. The number of benzene rings is 1. The molecule has 0 unspecified atom stereocenters. The highest BCUT2D eigenvalue weighted by Crippen LogP contribution is 2.22. The number of ether oxygens (including phenoxy) is 1. The molecule has 7 heteroatoms. The Hall–Kier alpha value is -2.83. The summed E-state index contributed by atoms with van der Waals surface area (Å²) in [6, 6.07) is 5.85. The maximum absolute atomic E-state index is 13.8. The summed E-state index contributed by atoms with van der Waals surface area (Å²) in [5.41, 5.74) is 11.8. The lowest BCUT2D eigenvalue weighted by Crippen LogP contribution is -2.15. The van der Waals surface area contributed by atoms with Crippen LogP contribution in [-0.4, -0.2) is 18.0 Å². The monoisotopic (exact) mass is 290 g/mol. The number of methoxy groups -OCH3 is 1. The first-order valence-corrected chi connectivity index (χ1v) is 6.13. The number of hydrogen-bond acceptors (Lipinski definition) is 5. The first-order valence-electron chi connectivity index (χ1n) is 6.13. The smallest absolute Gasteiger partial charge is 0.250 e. The van der Waals surface area contributed by atoms with E-state index >= 15 is 0 Å². The van der Waals surface area contributed by atoms with E-state index < -0.39 is 11.7 Å². The highest BCUT2D eigenvalue weighted by atomic mass is 19.1. The van der Waals surface area contributed by atoms with Gasteiger partial charge >= 0.3 is 0 Å². The van der Waals surface area contributed by atoms with Crippen molar-refractivity contribution in [2.45, 2.75) is 6.54 Å². The maximum atomic E-state index is 13.8. The van der Waals surface area contributed by atoms with Crippen LogP contribution in [0.25, 0.3) is 0 Å². The molecular weight excluding hydrogens is 275 g/mol. The lowest BCUT2D eigenvalue weighted by atomic mass is 10.1. The summed E-state index contributed by atoms with van der Waals surface area (Å²) in [5.74, 6) is -0.801. The number of rotatable bonds is 5. The zero-order chi connectivity index (χ0) is 15.4. The largest absolute Gasteiger partial charge is 0.481 e. The molecule has 0 saturated heterocycles. The lowest BCUT2D eigenvalue weighted by molar-refractivity contribution is 0.100. The third-order valence-electron chi connectivity index (χ3n) is 2.90. The normalized spacial score (nSPS) is 10.2. The van der Waals surface area contributed by atoms with Crippen LogP contribution in [0.1, 0.15) is 15.9 Å². The van der Waals surface area contributed by atoms with Crippen molar-refractivity contribution >= 4 is 17.3 Å². The number of halogens is 1. The van der Waals surface area contributed by atoms with Gasteiger partial charge in [0.05, 0.1) is 18.4 Å². The number of pyridine rings is 1. The van der Waals surface area contributed by atoms with Crippen LogP contribution >= 0.6 is 0 Å². The van der Waals surface area contributed by atoms with Crippen LogP contribution in [0.15, 0.2) is 30.5 Å². The number of aromatic nitrogens is 1. The van der Waals surface area contributed by atoms with Crippen LogP contribution in [0, 0.1) is 5.82 Å². The number of nitrogen functional groups attached to an aromatic ring is 1. The average Bonchev–Trinajstić information content (AvgIpc) is 2.46. The molecule has 0 saturated carbocycles. The van der Waals surface area contributed by atoms with E-state index in [1.54, 1.807) is 18.3 Å². The Balaban J connectivity index is 2.19. The maximum Gasteiger partial charge on any atom is 0.250 e. The number of primary amides is 1.